The molecule has 0 bridgehead atoms. The molecule has 3 fully saturated rings. The number of aliphatic imine (C=N–C) groups is 1. The van der Waals surface area contributed by atoms with E-state index in [1.165, 1.54) is 5.56 Å². The molecule has 38 heavy (non-hydrogen) atoms. The number of pyridine rings is 1. The van der Waals surface area contributed by atoms with Crippen LogP contribution in [0.25, 0.3) is 11.3 Å². The molecule has 0 radical (unpaired) electrons. The van der Waals surface area contributed by atoms with Gasteiger partial charge in [-0.25, -0.2) is 14.8 Å². The van der Waals surface area contributed by atoms with E-state index >= 15 is 0 Å². The molecule has 1 aliphatic carbocycles. The number of fused-ring (bicyclic) bond motifs is 2. The number of benzene rings is 1. The zero-order valence-electron chi connectivity index (χ0n) is 21.3. The first-order chi connectivity index (χ1) is 18.5. The highest BCUT2D eigenvalue weighted by molar-refractivity contribution is 6.33. The van der Waals surface area contributed by atoms with E-state index in [4.69, 9.17) is 35.5 Å². The van der Waals surface area contributed by atoms with Crippen LogP contribution in [0.2, 0.25) is 5.02 Å². The summed E-state index contributed by atoms with van der Waals surface area (Å²) in [7, 11) is 0. The van der Waals surface area contributed by atoms with E-state index in [0.29, 0.717) is 42.1 Å². The van der Waals surface area contributed by atoms with Gasteiger partial charge >= 0.3 is 6.09 Å². The Morgan fingerprint density at radius 1 is 1.13 bits per heavy atom. The highest BCUT2D eigenvalue weighted by Crippen LogP contribution is 2.38. The minimum atomic E-state index is -0.617. The lowest BCUT2D eigenvalue weighted by Gasteiger charge is -2.28. The first kappa shape index (κ1) is 25.6. The molecule has 10 heteroatoms. The lowest BCUT2D eigenvalue weighted by atomic mass is 9.82. The van der Waals surface area contributed by atoms with Crippen molar-refractivity contribution in [2.45, 2.75) is 75.5 Å². The van der Waals surface area contributed by atoms with Gasteiger partial charge < -0.3 is 29.4 Å². The van der Waals surface area contributed by atoms with Gasteiger partial charge in [-0.2, -0.15) is 0 Å². The van der Waals surface area contributed by atoms with E-state index in [-0.39, 0.29) is 37.1 Å². The summed E-state index contributed by atoms with van der Waals surface area (Å²) in [6, 6.07) is 10.3. The Balaban J connectivity index is 1.08. The number of carbonyl (C=O) groups is 1. The zero-order valence-corrected chi connectivity index (χ0v) is 22.0. The number of aliphatic hydroxyl groups is 1. The summed E-state index contributed by atoms with van der Waals surface area (Å²) in [4.78, 5) is 21.1. The third-order valence-corrected chi connectivity index (χ3v) is 8.08. The Kier molecular flexibility index (Phi) is 7.27. The second-order valence-electron chi connectivity index (χ2n) is 10.3. The largest absolute Gasteiger partial charge is 0.472 e. The SMILES string of the molecule is CCNC(=O)OC1CCC(c2ccc(-c3nc4c(cc3Cl)N=C(O[C@@H]3CO[C@H]5[C@@H]3OC[C@H]5O)C4)cc2)CC1. The van der Waals surface area contributed by atoms with Gasteiger partial charge in [-0.1, -0.05) is 35.9 Å². The van der Waals surface area contributed by atoms with Crippen LogP contribution in [-0.2, 0) is 25.4 Å². The molecule has 4 aliphatic rings. The molecule has 1 aromatic carbocycles. The van der Waals surface area contributed by atoms with Crippen molar-refractivity contribution in [3.63, 3.8) is 0 Å². The molecule has 2 saturated heterocycles. The Morgan fingerprint density at radius 2 is 1.89 bits per heavy atom. The fraction of sp³-hybridized carbons (Fsp3) is 0.536. The average molecular weight is 542 g/mol. The Morgan fingerprint density at radius 3 is 2.66 bits per heavy atom. The third-order valence-electron chi connectivity index (χ3n) is 7.79. The maximum Gasteiger partial charge on any atom is 0.407 e. The highest BCUT2D eigenvalue weighted by Gasteiger charge is 2.49. The second-order valence-corrected chi connectivity index (χ2v) is 10.7. The van der Waals surface area contributed by atoms with Crippen molar-refractivity contribution in [3.05, 3.63) is 46.6 Å². The number of carbonyl (C=O) groups excluding carboxylic acids is 1. The first-order valence-electron chi connectivity index (χ1n) is 13.4. The normalized spacial score (nSPS) is 29.9. The van der Waals surface area contributed by atoms with Crippen molar-refractivity contribution >= 4 is 29.3 Å². The van der Waals surface area contributed by atoms with E-state index in [0.717, 1.165) is 42.6 Å². The van der Waals surface area contributed by atoms with Gasteiger partial charge in [-0.05, 0) is 50.2 Å². The standard InChI is InChI=1S/C28H32ClN3O6/c1-2-30-28(34)37-18-9-7-16(8-10-18)15-3-5-17(6-4-15)25-19(29)11-20-21(32-25)12-24(31-20)38-23-14-36-26-22(33)13-35-27(23)26/h3-6,11,16,18,22-23,26-27,33H,2,7-10,12-14H2,1H3,(H,30,34)/t16?,18?,22-,23-,26-,27-/m1/s1. The number of nitrogens with one attached hydrogen (secondary N) is 1. The van der Waals surface area contributed by atoms with Crippen molar-refractivity contribution in [2.75, 3.05) is 19.8 Å². The van der Waals surface area contributed by atoms with E-state index in [2.05, 4.69) is 34.6 Å². The van der Waals surface area contributed by atoms with Crippen molar-refractivity contribution in [3.8, 4) is 11.3 Å². The van der Waals surface area contributed by atoms with Crippen LogP contribution >= 0.6 is 11.6 Å². The van der Waals surface area contributed by atoms with Crippen molar-refractivity contribution in [2.24, 2.45) is 4.99 Å². The molecule has 9 nitrogen and oxygen atoms in total. The molecule has 202 valence electrons. The topological polar surface area (TPSA) is 112 Å². The monoisotopic (exact) mass is 541 g/mol. The van der Waals surface area contributed by atoms with Gasteiger partial charge in [0.25, 0.3) is 0 Å². The van der Waals surface area contributed by atoms with Crippen molar-refractivity contribution in [1.29, 1.82) is 0 Å². The smallest absolute Gasteiger partial charge is 0.407 e. The van der Waals surface area contributed by atoms with Crippen LogP contribution in [0.5, 0.6) is 0 Å². The minimum absolute atomic E-state index is 0.0116. The third kappa shape index (κ3) is 5.12. The fourth-order valence-corrected chi connectivity index (χ4v) is 6.07. The van der Waals surface area contributed by atoms with Crippen LogP contribution < -0.4 is 5.32 Å². The number of amides is 1. The van der Waals surface area contributed by atoms with Gasteiger partial charge in [0.1, 0.15) is 24.4 Å². The fourth-order valence-electron chi connectivity index (χ4n) is 5.82. The number of hydrogen-bond donors (Lipinski definition) is 2. The Hall–Kier alpha value is -2.72. The summed E-state index contributed by atoms with van der Waals surface area (Å²) >= 11 is 6.63. The van der Waals surface area contributed by atoms with Gasteiger partial charge in [0.05, 0.1) is 41.7 Å². The molecule has 2 N–H and O–H groups in total. The van der Waals surface area contributed by atoms with Crippen molar-refractivity contribution < 1.29 is 28.8 Å². The number of halogens is 1. The highest BCUT2D eigenvalue weighted by atomic mass is 35.5. The van der Waals surface area contributed by atoms with Crippen LogP contribution in [-0.4, -0.2) is 72.4 Å². The number of nitrogens with zero attached hydrogens (tertiary/aromatic N) is 2. The maximum atomic E-state index is 11.7. The molecule has 1 amide bonds. The number of aromatic nitrogens is 1. The number of hydrogen-bond acceptors (Lipinski definition) is 8. The lowest BCUT2D eigenvalue weighted by Crippen LogP contribution is -2.34. The van der Waals surface area contributed by atoms with Crippen LogP contribution in [0.15, 0.2) is 35.3 Å². The average Bonchev–Trinajstić information content (AvgIpc) is 3.61. The summed E-state index contributed by atoms with van der Waals surface area (Å²) < 4.78 is 22.9. The predicted octanol–water partition coefficient (Wildman–Crippen LogP) is 4.30. The van der Waals surface area contributed by atoms with E-state index in [9.17, 15) is 9.90 Å². The zero-order chi connectivity index (χ0) is 26.2. The van der Waals surface area contributed by atoms with Gasteiger partial charge in [0, 0.05) is 12.1 Å². The molecule has 0 unspecified atom stereocenters. The summed E-state index contributed by atoms with van der Waals surface area (Å²) in [6.45, 7) is 3.07. The predicted molar refractivity (Wildman–Crippen MR) is 141 cm³/mol. The van der Waals surface area contributed by atoms with Gasteiger partial charge in [0.2, 0.25) is 0 Å². The molecule has 1 aromatic heterocycles. The minimum Gasteiger partial charge on any atom is -0.472 e. The molecule has 2 aromatic rings. The summed E-state index contributed by atoms with van der Waals surface area (Å²) in [5.74, 6) is 1.00. The first-order valence-corrected chi connectivity index (χ1v) is 13.8. The molecule has 0 spiro atoms. The van der Waals surface area contributed by atoms with Crippen LogP contribution in [0.4, 0.5) is 10.5 Å². The number of rotatable bonds is 5. The van der Waals surface area contributed by atoms with E-state index in [1.807, 2.05) is 13.0 Å². The number of ether oxygens (including phenoxy) is 4. The number of aliphatic hydroxyl groups excluding tert-OH is 1. The molecular formula is C28H32ClN3O6. The van der Waals surface area contributed by atoms with E-state index in [1.54, 1.807) is 0 Å². The van der Waals surface area contributed by atoms with Gasteiger partial charge in [0.15, 0.2) is 12.0 Å². The second kappa shape index (κ2) is 10.8. The van der Waals surface area contributed by atoms with Crippen molar-refractivity contribution in [1.82, 2.24) is 10.3 Å². The van der Waals surface area contributed by atoms with Gasteiger partial charge in [-0.3, -0.25) is 0 Å². The molecule has 4 atom stereocenters. The molecular weight excluding hydrogens is 510 g/mol. The quantitative estimate of drug-likeness (QED) is 0.580. The summed E-state index contributed by atoms with van der Waals surface area (Å²) in [6.07, 6.45) is 2.28. The van der Waals surface area contributed by atoms with E-state index < -0.39 is 6.10 Å². The van der Waals surface area contributed by atoms with Gasteiger partial charge in [-0.15, -0.1) is 0 Å². The lowest BCUT2D eigenvalue weighted by molar-refractivity contribution is 0.00558. The Labute approximate surface area is 226 Å². The Bertz CT molecular complexity index is 1210. The maximum absolute atomic E-state index is 11.7. The molecule has 1 saturated carbocycles. The summed E-state index contributed by atoms with van der Waals surface area (Å²) in [5.41, 5.74) is 4.47. The molecule has 4 heterocycles. The van der Waals surface area contributed by atoms with Crippen LogP contribution in [0, 0.1) is 0 Å². The summed E-state index contributed by atoms with van der Waals surface area (Å²) in [5, 5.41) is 13.2. The molecule has 3 aliphatic heterocycles. The van der Waals surface area contributed by atoms with Crippen LogP contribution in [0.3, 0.4) is 0 Å². The van der Waals surface area contributed by atoms with Crippen LogP contribution in [0.1, 0.15) is 49.8 Å². The molecule has 6 rings (SSSR count). The number of alkyl carbamates (subject to hydrolysis) is 1.